The largest absolute Gasteiger partial charge is 0.492 e. The molecule has 0 radical (unpaired) electrons. The van der Waals surface area contributed by atoms with Crippen molar-refractivity contribution in [2.24, 2.45) is 5.92 Å². The fourth-order valence-corrected chi connectivity index (χ4v) is 2.86. The minimum absolute atomic E-state index is 0.0153. The maximum absolute atomic E-state index is 13.6. The first-order valence-corrected chi connectivity index (χ1v) is 7.85. The highest BCUT2D eigenvalue weighted by Crippen LogP contribution is 2.24. The molecule has 0 aliphatic carbocycles. The van der Waals surface area contributed by atoms with E-state index in [0.717, 1.165) is 6.42 Å². The van der Waals surface area contributed by atoms with E-state index >= 15 is 0 Å². The molecule has 4 nitrogen and oxygen atoms in total. The van der Waals surface area contributed by atoms with Crippen LogP contribution in [0.3, 0.4) is 0 Å². The molecule has 1 heterocycles. The predicted molar refractivity (Wildman–Crippen MR) is 87.1 cm³/mol. The topological polar surface area (TPSA) is 53.3 Å². The highest BCUT2D eigenvalue weighted by atomic mass is 19.1. The average molecular weight is 324 g/mol. The molecule has 1 unspecified atom stereocenters. The Morgan fingerprint density at radius 3 is 2.79 bits per heavy atom. The van der Waals surface area contributed by atoms with Crippen LogP contribution in [-0.2, 0) is 0 Å². The molecule has 24 heavy (non-hydrogen) atoms. The summed E-state index contributed by atoms with van der Waals surface area (Å²) < 4.78 is 19.2. The van der Waals surface area contributed by atoms with E-state index < -0.39 is 5.82 Å². The number of hydrogen-bond donors (Lipinski definition) is 0. The van der Waals surface area contributed by atoms with E-state index in [1.165, 1.54) is 12.1 Å². The van der Waals surface area contributed by atoms with Gasteiger partial charge in [0.15, 0.2) is 0 Å². The van der Waals surface area contributed by atoms with Gasteiger partial charge in [0.25, 0.3) is 5.91 Å². The molecule has 2 aromatic rings. The van der Waals surface area contributed by atoms with Gasteiger partial charge in [0.1, 0.15) is 23.2 Å². The molecule has 3 rings (SSSR count). The van der Waals surface area contributed by atoms with E-state index in [0.29, 0.717) is 25.3 Å². The normalized spacial score (nSPS) is 16.7. The molecule has 1 atom stereocenters. The van der Waals surface area contributed by atoms with Crippen LogP contribution in [0.1, 0.15) is 22.3 Å². The molecule has 5 heteroatoms. The lowest BCUT2D eigenvalue weighted by molar-refractivity contribution is 0.0783. The van der Waals surface area contributed by atoms with Crippen LogP contribution in [0.2, 0.25) is 0 Å². The van der Waals surface area contributed by atoms with Gasteiger partial charge in [0.2, 0.25) is 0 Å². The third-order valence-electron chi connectivity index (χ3n) is 4.16. The monoisotopic (exact) mass is 324 g/mol. The summed E-state index contributed by atoms with van der Waals surface area (Å²) >= 11 is 0. The van der Waals surface area contributed by atoms with Gasteiger partial charge in [-0.2, -0.15) is 5.26 Å². The maximum atomic E-state index is 13.6. The molecule has 0 N–H and O–H groups in total. The van der Waals surface area contributed by atoms with E-state index in [4.69, 9.17) is 10.00 Å². The van der Waals surface area contributed by atoms with Gasteiger partial charge in [-0.1, -0.05) is 24.3 Å². The zero-order valence-corrected chi connectivity index (χ0v) is 13.1. The first-order chi connectivity index (χ1) is 11.7. The minimum atomic E-state index is -0.581. The molecule has 1 aliphatic heterocycles. The Morgan fingerprint density at radius 1 is 1.25 bits per heavy atom. The lowest BCUT2D eigenvalue weighted by atomic mass is 10.1. The summed E-state index contributed by atoms with van der Waals surface area (Å²) in [6, 6.07) is 15.3. The smallest absolute Gasteiger partial charge is 0.253 e. The summed E-state index contributed by atoms with van der Waals surface area (Å²) in [5, 5.41) is 9.01. The fourth-order valence-electron chi connectivity index (χ4n) is 2.86. The Morgan fingerprint density at radius 2 is 2.04 bits per heavy atom. The number of carbonyl (C=O) groups excluding carboxylic acids is 1. The van der Waals surface area contributed by atoms with Gasteiger partial charge in [-0.15, -0.1) is 0 Å². The molecule has 1 aliphatic rings. The van der Waals surface area contributed by atoms with Gasteiger partial charge in [0.05, 0.1) is 6.61 Å². The van der Waals surface area contributed by atoms with Crippen LogP contribution in [0, 0.1) is 23.1 Å². The Hall–Kier alpha value is -2.87. The number of likely N-dealkylation sites (tertiary alicyclic amines) is 1. The van der Waals surface area contributed by atoms with E-state index in [1.807, 2.05) is 24.3 Å². The second-order valence-electron chi connectivity index (χ2n) is 5.81. The summed E-state index contributed by atoms with van der Waals surface area (Å²) in [6.07, 6.45) is 0.829. The Kier molecular flexibility index (Phi) is 4.76. The second kappa shape index (κ2) is 7.14. The van der Waals surface area contributed by atoms with Crippen molar-refractivity contribution in [3.63, 3.8) is 0 Å². The Labute approximate surface area is 140 Å². The summed E-state index contributed by atoms with van der Waals surface area (Å²) in [6.45, 7) is 1.64. The third-order valence-corrected chi connectivity index (χ3v) is 4.16. The fraction of sp³-hybridized carbons (Fsp3) is 0.263. The van der Waals surface area contributed by atoms with Crippen molar-refractivity contribution in [3.8, 4) is 11.8 Å². The summed E-state index contributed by atoms with van der Waals surface area (Å²) in [5.74, 6) is -0.137. The number of nitriles is 1. The predicted octanol–water partition coefficient (Wildman–Crippen LogP) is 3.24. The summed E-state index contributed by atoms with van der Waals surface area (Å²) in [4.78, 5) is 14.2. The molecule has 0 aromatic heterocycles. The van der Waals surface area contributed by atoms with Crippen molar-refractivity contribution in [1.82, 2.24) is 4.90 Å². The standard InChI is InChI=1S/C19H17FN2O2/c20-17-7-4-8-18(16(17)11-21)24-13-14-9-10-22(12-14)19(23)15-5-2-1-3-6-15/h1-8,14H,9-10,12-13H2. The number of amides is 1. The van der Waals surface area contributed by atoms with Crippen LogP contribution in [0.5, 0.6) is 5.75 Å². The van der Waals surface area contributed by atoms with Crippen LogP contribution in [0.15, 0.2) is 48.5 Å². The first-order valence-electron chi connectivity index (χ1n) is 7.85. The van der Waals surface area contributed by atoms with E-state index in [2.05, 4.69) is 0 Å². The van der Waals surface area contributed by atoms with E-state index in [-0.39, 0.29) is 23.1 Å². The van der Waals surface area contributed by atoms with Crippen LogP contribution >= 0.6 is 0 Å². The molecule has 1 fully saturated rings. The van der Waals surface area contributed by atoms with Crippen molar-refractivity contribution in [1.29, 1.82) is 5.26 Å². The average Bonchev–Trinajstić information content (AvgIpc) is 3.09. The molecule has 2 aromatic carbocycles. The number of halogens is 1. The third kappa shape index (κ3) is 3.38. The van der Waals surface area contributed by atoms with Gasteiger partial charge in [-0.25, -0.2) is 4.39 Å². The molecule has 0 saturated carbocycles. The quantitative estimate of drug-likeness (QED) is 0.867. The highest BCUT2D eigenvalue weighted by molar-refractivity contribution is 5.94. The lowest BCUT2D eigenvalue weighted by Crippen LogP contribution is -2.29. The van der Waals surface area contributed by atoms with E-state index in [9.17, 15) is 9.18 Å². The van der Waals surface area contributed by atoms with Crippen molar-refractivity contribution in [2.45, 2.75) is 6.42 Å². The van der Waals surface area contributed by atoms with Crippen molar-refractivity contribution in [2.75, 3.05) is 19.7 Å². The second-order valence-corrected chi connectivity index (χ2v) is 5.81. The van der Waals surface area contributed by atoms with Crippen LogP contribution in [0.4, 0.5) is 4.39 Å². The molecule has 0 spiro atoms. The van der Waals surface area contributed by atoms with Gasteiger partial charge in [-0.05, 0) is 30.7 Å². The Balaban J connectivity index is 1.59. The number of nitrogens with zero attached hydrogens (tertiary/aromatic N) is 2. The molecule has 0 bridgehead atoms. The van der Waals surface area contributed by atoms with Gasteiger partial charge < -0.3 is 9.64 Å². The van der Waals surface area contributed by atoms with Crippen molar-refractivity contribution < 1.29 is 13.9 Å². The summed E-state index contributed by atoms with van der Waals surface area (Å²) in [5.41, 5.74) is 0.601. The molecular weight excluding hydrogens is 307 g/mol. The van der Waals surface area contributed by atoms with Crippen molar-refractivity contribution >= 4 is 5.91 Å². The lowest BCUT2D eigenvalue weighted by Gasteiger charge is -2.17. The number of rotatable bonds is 4. The van der Waals surface area contributed by atoms with Crippen LogP contribution < -0.4 is 4.74 Å². The van der Waals surface area contributed by atoms with Gasteiger partial charge in [-0.3, -0.25) is 4.79 Å². The summed E-state index contributed by atoms with van der Waals surface area (Å²) in [7, 11) is 0. The Bertz CT molecular complexity index is 771. The number of ether oxygens (including phenoxy) is 1. The number of benzene rings is 2. The van der Waals surface area contributed by atoms with Crippen LogP contribution in [-0.4, -0.2) is 30.5 Å². The molecule has 122 valence electrons. The maximum Gasteiger partial charge on any atom is 0.253 e. The zero-order chi connectivity index (χ0) is 16.9. The van der Waals surface area contributed by atoms with Crippen molar-refractivity contribution in [3.05, 3.63) is 65.5 Å². The zero-order valence-electron chi connectivity index (χ0n) is 13.1. The molecule has 1 saturated heterocycles. The highest BCUT2D eigenvalue weighted by Gasteiger charge is 2.27. The first kappa shape index (κ1) is 16.0. The number of carbonyl (C=O) groups is 1. The van der Waals surface area contributed by atoms with Crippen LogP contribution in [0.25, 0.3) is 0 Å². The molecular formula is C19H17FN2O2. The van der Waals surface area contributed by atoms with Gasteiger partial charge in [0, 0.05) is 24.6 Å². The minimum Gasteiger partial charge on any atom is -0.492 e. The van der Waals surface area contributed by atoms with Gasteiger partial charge >= 0.3 is 0 Å². The molecule has 1 amide bonds. The SMILES string of the molecule is N#Cc1c(F)cccc1OCC1CCN(C(=O)c2ccccc2)C1. The van der Waals surface area contributed by atoms with E-state index in [1.54, 1.807) is 23.1 Å². The number of hydrogen-bond acceptors (Lipinski definition) is 3.